The first-order valence-electron chi connectivity index (χ1n) is 7.40. The van der Waals surface area contributed by atoms with Crippen molar-refractivity contribution in [2.75, 3.05) is 33.6 Å². The van der Waals surface area contributed by atoms with Crippen LogP contribution in [-0.2, 0) is 14.0 Å². The predicted molar refractivity (Wildman–Crippen MR) is 72.7 cm³/mol. The largest absolute Gasteiger partial charge is 0.382 e. The van der Waals surface area contributed by atoms with E-state index in [0.29, 0.717) is 31.0 Å². The summed E-state index contributed by atoms with van der Waals surface area (Å²) >= 11 is 0. The van der Waals surface area contributed by atoms with Gasteiger partial charge < -0.3 is 14.0 Å². The lowest BCUT2D eigenvalue weighted by Crippen LogP contribution is -2.48. The van der Waals surface area contributed by atoms with Crippen LogP contribution in [0.25, 0.3) is 0 Å². The Morgan fingerprint density at radius 1 is 1.18 bits per heavy atom. The van der Waals surface area contributed by atoms with Gasteiger partial charge >= 0.3 is 0 Å². The van der Waals surface area contributed by atoms with Crippen molar-refractivity contribution in [3.63, 3.8) is 0 Å². The van der Waals surface area contributed by atoms with Gasteiger partial charge in [0.25, 0.3) is 0 Å². The smallest absolute Gasteiger partial charge is 0.0845 e. The second-order valence-corrected chi connectivity index (χ2v) is 7.11. The van der Waals surface area contributed by atoms with E-state index in [9.17, 15) is 0 Å². The fraction of sp³-hybridized carbons (Fsp3) is 1.00. The van der Waals surface area contributed by atoms with Crippen LogP contribution < -0.4 is 0 Å². The molecule has 0 radical (unpaired) electrons. The SMILES string of the molecule is [2H]C([3H])OC[C@H]1O[C@@H](COP(C)C)[C@@H](C)[C@@H](C)[C@@H]1C. The Bertz CT molecular complexity index is 242. The summed E-state index contributed by atoms with van der Waals surface area (Å²) in [4.78, 5) is 0. The second-order valence-electron chi connectivity index (χ2n) is 5.23. The van der Waals surface area contributed by atoms with E-state index >= 15 is 0 Å². The number of methoxy groups -OCH3 is 1. The van der Waals surface area contributed by atoms with Gasteiger partial charge in [-0.25, -0.2) is 0 Å². The molecule has 3 nitrogen and oxygen atoms in total. The minimum atomic E-state index is -1.24. The number of ether oxygens (including phenoxy) is 2. The van der Waals surface area contributed by atoms with Crippen molar-refractivity contribution in [1.29, 1.82) is 0 Å². The normalized spacial score (nSPS) is 42.1. The molecule has 0 aromatic heterocycles. The lowest BCUT2D eigenvalue weighted by Gasteiger charge is -2.43. The van der Waals surface area contributed by atoms with Crippen molar-refractivity contribution in [3.05, 3.63) is 0 Å². The Labute approximate surface area is 110 Å². The minimum Gasteiger partial charge on any atom is -0.382 e. The van der Waals surface area contributed by atoms with Crippen LogP contribution in [0, 0.1) is 17.8 Å². The highest BCUT2D eigenvalue weighted by atomic mass is 31.1. The van der Waals surface area contributed by atoms with E-state index in [2.05, 4.69) is 34.1 Å². The van der Waals surface area contributed by atoms with Gasteiger partial charge in [0.2, 0.25) is 0 Å². The molecular formula is C13H27O3P. The quantitative estimate of drug-likeness (QED) is 0.715. The van der Waals surface area contributed by atoms with Gasteiger partial charge in [0.15, 0.2) is 0 Å². The molecular weight excluding hydrogens is 235 g/mol. The van der Waals surface area contributed by atoms with E-state index in [1.807, 2.05) is 0 Å². The molecule has 17 heavy (non-hydrogen) atoms. The maximum atomic E-state index is 7.11. The summed E-state index contributed by atoms with van der Waals surface area (Å²) in [5.74, 6) is 1.34. The molecule has 0 amide bonds. The molecule has 6 atom stereocenters. The van der Waals surface area contributed by atoms with E-state index < -0.39 is 7.06 Å². The third-order valence-corrected chi connectivity index (χ3v) is 4.60. The molecule has 0 N–H and O–H groups in total. The highest BCUT2D eigenvalue weighted by Crippen LogP contribution is 2.37. The minimum absolute atomic E-state index is 0.0436. The molecule has 1 unspecified atom stereocenters. The fourth-order valence-electron chi connectivity index (χ4n) is 2.33. The third kappa shape index (κ3) is 4.17. The lowest BCUT2D eigenvalue weighted by molar-refractivity contribution is -0.160. The summed E-state index contributed by atoms with van der Waals surface area (Å²) in [5, 5.41) is 0. The predicted octanol–water partition coefficient (Wildman–Crippen LogP) is 2.98. The van der Waals surface area contributed by atoms with Crippen molar-refractivity contribution in [3.8, 4) is 0 Å². The van der Waals surface area contributed by atoms with Crippen LogP contribution in [-0.4, -0.2) is 45.8 Å². The van der Waals surface area contributed by atoms with Crippen molar-refractivity contribution >= 4 is 8.15 Å². The maximum absolute atomic E-state index is 7.11. The van der Waals surface area contributed by atoms with E-state index in [1.165, 1.54) is 0 Å². The Hall–Kier alpha value is 0.310. The Balaban J connectivity index is 2.57. The van der Waals surface area contributed by atoms with E-state index in [1.54, 1.807) is 0 Å². The van der Waals surface area contributed by atoms with Gasteiger partial charge in [-0.2, -0.15) is 0 Å². The molecule has 0 aromatic carbocycles. The summed E-state index contributed by atoms with van der Waals surface area (Å²) in [5.41, 5.74) is 0. The molecule has 0 saturated carbocycles. The monoisotopic (exact) mass is 265 g/mol. The summed E-state index contributed by atoms with van der Waals surface area (Å²) in [6.45, 7) is 11.7. The molecule has 0 bridgehead atoms. The van der Waals surface area contributed by atoms with Crippen LogP contribution in [0.3, 0.4) is 0 Å². The first-order chi connectivity index (χ1) is 8.82. The zero-order chi connectivity index (χ0) is 14.6. The molecule has 0 aromatic rings. The molecule has 1 aliphatic heterocycles. The molecule has 4 heteroatoms. The Morgan fingerprint density at radius 3 is 2.29 bits per heavy atom. The molecule has 0 spiro atoms. The standard InChI is InChI=1S/C13H27O3P/c1-9-10(2)12(7-14-4)16-13(11(9)3)8-15-17(5)6/h9-13H,7-8H2,1-6H3/t9-,10-,11-,12+,13-/m0/s1/i4TD/t4?,9-,10-,11-,12+,13-. The van der Waals surface area contributed by atoms with Gasteiger partial charge in [-0.05, 0) is 31.1 Å². The average molecular weight is 265 g/mol. The van der Waals surface area contributed by atoms with Crippen molar-refractivity contribution in [1.82, 2.24) is 0 Å². The van der Waals surface area contributed by atoms with Gasteiger partial charge in [-0.1, -0.05) is 20.8 Å². The van der Waals surface area contributed by atoms with Crippen LogP contribution in [0.1, 0.15) is 23.5 Å². The van der Waals surface area contributed by atoms with E-state index in [4.69, 9.17) is 16.7 Å². The van der Waals surface area contributed by atoms with Gasteiger partial charge in [-0.15, -0.1) is 0 Å². The van der Waals surface area contributed by atoms with Crippen molar-refractivity contribution in [2.24, 2.45) is 17.8 Å². The molecule has 1 rings (SSSR count). The topological polar surface area (TPSA) is 27.7 Å². The average Bonchev–Trinajstić information content (AvgIpc) is 2.33. The van der Waals surface area contributed by atoms with Crippen LogP contribution in [0.4, 0.5) is 0 Å². The van der Waals surface area contributed by atoms with Crippen molar-refractivity contribution in [2.45, 2.75) is 33.0 Å². The Morgan fingerprint density at radius 2 is 1.76 bits per heavy atom. The van der Waals surface area contributed by atoms with Gasteiger partial charge in [0.1, 0.15) is 0 Å². The summed E-state index contributed by atoms with van der Waals surface area (Å²) in [6, 6.07) is 0. The molecule has 1 fully saturated rings. The molecule has 1 heterocycles. The highest BCUT2D eigenvalue weighted by Gasteiger charge is 2.38. The molecule has 0 aliphatic carbocycles. The summed E-state index contributed by atoms with van der Waals surface area (Å²) in [6.07, 6.45) is 0.0394. The van der Waals surface area contributed by atoms with Crippen LogP contribution in [0.5, 0.6) is 0 Å². The zero-order valence-electron chi connectivity index (χ0n) is 13.6. The van der Waals surface area contributed by atoms with Gasteiger partial charge in [-0.3, -0.25) is 0 Å². The Kier molecular flexibility index (Phi) is 5.11. The maximum Gasteiger partial charge on any atom is 0.0845 e. The van der Waals surface area contributed by atoms with E-state index in [0.717, 1.165) is 0 Å². The first-order valence-corrected chi connectivity index (χ1v) is 8.40. The van der Waals surface area contributed by atoms with Crippen LogP contribution >= 0.6 is 8.15 Å². The van der Waals surface area contributed by atoms with Crippen LogP contribution in [0.2, 0.25) is 0 Å². The number of hydrogen-bond donors (Lipinski definition) is 0. The van der Waals surface area contributed by atoms with Crippen molar-refractivity contribution < 1.29 is 16.7 Å². The molecule has 1 saturated heterocycles. The van der Waals surface area contributed by atoms with E-state index in [-0.39, 0.29) is 20.4 Å². The van der Waals surface area contributed by atoms with Gasteiger partial charge in [0, 0.05) is 15.2 Å². The lowest BCUT2D eigenvalue weighted by atomic mass is 9.77. The number of hydrogen-bond acceptors (Lipinski definition) is 3. The first kappa shape index (κ1) is 12.3. The molecule has 1 aliphatic rings. The number of rotatable bonds is 5. The molecule has 102 valence electrons. The fourth-order valence-corrected chi connectivity index (χ4v) is 2.77. The summed E-state index contributed by atoms with van der Waals surface area (Å²) < 4.78 is 31.1. The third-order valence-electron chi connectivity index (χ3n) is 3.94. The van der Waals surface area contributed by atoms with Crippen LogP contribution in [0.15, 0.2) is 0 Å². The highest BCUT2D eigenvalue weighted by molar-refractivity contribution is 7.50. The summed E-state index contributed by atoms with van der Waals surface area (Å²) in [7, 11) is -1.61. The zero-order valence-corrected chi connectivity index (χ0v) is 12.4. The second kappa shape index (κ2) is 7.04. The van der Waals surface area contributed by atoms with Gasteiger partial charge in [0.05, 0.1) is 28.2 Å².